The van der Waals surface area contributed by atoms with Crippen LogP contribution in [-0.4, -0.2) is 17.8 Å². The van der Waals surface area contributed by atoms with Crippen molar-refractivity contribution in [3.63, 3.8) is 0 Å². The number of hydrogen-bond donors (Lipinski definition) is 1. The lowest BCUT2D eigenvalue weighted by molar-refractivity contribution is 0.524. The van der Waals surface area contributed by atoms with Crippen molar-refractivity contribution in [1.82, 2.24) is 5.32 Å². The van der Waals surface area contributed by atoms with Crippen LogP contribution in [0, 0.1) is 6.92 Å². The van der Waals surface area contributed by atoms with Crippen LogP contribution in [0.2, 0.25) is 0 Å². The molecule has 0 amide bonds. The molecule has 0 aromatic heterocycles. The maximum Gasteiger partial charge on any atom is 0.0189 e. The van der Waals surface area contributed by atoms with Crippen molar-refractivity contribution in [2.45, 2.75) is 56.6 Å². The van der Waals surface area contributed by atoms with Crippen LogP contribution < -0.4 is 5.32 Å². The molecule has 0 radical (unpaired) electrons. The van der Waals surface area contributed by atoms with Gasteiger partial charge in [-0.05, 0) is 50.3 Å². The lowest BCUT2D eigenvalue weighted by atomic mass is 10.1. The second kappa shape index (κ2) is 7.20. The summed E-state index contributed by atoms with van der Waals surface area (Å²) in [6, 6.07) is 9.55. The van der Waals surface area contributed by atoms with Gasteiger partial charge in [0.25, 0.3) is 0 Å². The normalized spacial score (nSPS) is 23.4. The van der Waals surface area contributed by atoms with Gasteiger partial charge in [-0.2, -0.15) is 11.8 Å². The summed E-state index contributed by atoms with van der Waals surface area (Å²) in [7, 11) is 0. The van der Waals surface area contributed by atoms with E-state index in [9.17, 15) is 0 Å². The summed E-state index contributed by atoms with van der Waals surface area (Å²) in [6.07, 6.45) is 5.36. The average molecular weight is 263 g/mol. The van der Waals surface area contributed by atoms with Crippen molar-refractivity contribution in [3.05, 3.63) is 35.4 Å². The Morgan fingerprint density at radius 3 is 2.89 bits per heavy atom. The van der Waals surface area contributed by atoms with Crippen molar-refractivity contribution >= 4 is 11.8 Å². The molecule has 100 valence electrons. The van der Waals surface area contributed by atoms with Crippen molar-refractivity contribution in [2.24, 2.45) is 0 Å². The molecule has 2 unspecified atom stereocenters. The van der Waals surface area contributed by atoms with Crippen LogP contribution in [0.5, 0.6) is 0 Å². The van der Waals surface area contributed by atoms with Crippen molar-refractivity contribution in [2.75, 3.05) is 6.54 Å². The van der Waals surface area contributed by atoms with E-state index >= 15 is 0 Å². The van der Waals surface area contributed by atoms with E-state index in [1.165, 1.54) is 49.1 Å². The topological polar surface area (TPSA) is 12.0 Å². The maximum atomic E-state index is 3.66. The predicted molar refractivity (Wildman–Crippen MR) is 82.2 cm³/mol. The zero-order valence-corrected chi connectivity index (χ0v) is 12.4. The third-order valence-corrected chi connectivity index (χ3v) is 5.18. The highest BCUT2D eigenvalue weighted by Gasteiger charge is 2.24. The molecule has 2 rings (SSSR count). The number of aryl methyl sites for hydroxylation is 1. The average Bonchev–Trinajstić information content (AvgIpc) is 2.83. The van der Waals surface area contributed by atoms with Crippen LogP contribution in [0.25, 0.3) is 0 Å². The Morgan fingerprint density at radius 1 is 1.28 bits per heavy atom. The number of hydrogen-bond acceptors (Lipinski definition) is 2. The number of thioether (sulfide) groups is 1. The van der Waals surface area contributed by atoms with Crippen LogP contribution in [-0.2, 0) is 5.75 Å². The highest BCUT2D eigenvalue weighted by Crippen LogP contribution is 2.32. The molecular weight excluding hydrogens is 238 g/mol. The summed E-state index contributed by atoms with van der Waals surface area (Å²) in [5.41, 5.74) is 2.94. The molecule has 1 saturated carbocycles. The lowest BCUT2D eigenvalue weighted by Crippen LogP contribution is -2.27. The van der Waals surface area contributed by atoms with Gasteiger partial charge in [0.05, 0.1) is 0 Å². The zero-order chi connectivity index (χ0) is 12.8. The highest BCUT2D eigenvalue weighted by molar-refractivity contribution is 7.99. The van der Waals surface area contributed by atoms with Crippen LogP contribution in [0.1, 0.15) is 43.7 Å². The summed E-state index contributed by atoms with van der Waals surface area (Å²) < 4.78 is 0. The molecule has 1 aromatic carbocycles. The Hall–Kier alpha value is -0.470. The Labute approximate surface area is 116 Å². The summed E-state index contributed by atoms with van der Waals surface area (Å²) >= 11 is 2.15. The minimum Gasteiger partial charge on any atom is -0.314 e. The first-order valence-corrected chi connectivity index (χ1v) is 8.24. The molecule has 1 nitrogen and oxygen atoms in total. The van der Waals surface area contributed by atoms with Crippen LogP contribution in [0.3, 0.4) is 0 Å². The van der Waals surface area contributed by atoms with Gasteiger partial charge in [0.15, 0.2) is 0 Å². The number of benzene rings is 1. The molecule has 2 heteroatoms. The third-order valence-electron chi connectivity index (χ3n) is 3.80. The molecule has 0 bridgehead atoms. The molecule has 1 aliphatic carbocycles. The van der Waals surface area contributed by atoms with E-state index in [0.29, 0.717) is 0 Å². The van der Waals surface area contributed by atoms with E-state index < -0.39 is 0 Å². The Balaban J connectivity index is 1.74. The third kappa shape index (κ3) is 4.03. The predicted octanol–water partition coefficient (Wildman–Crippen LogP) is 4.15. The molecule has 0 aliphatic heterocycles. The summed E-state index contributed by atoms with van der Waals surface area (Å²) in [6.45, 7) is 5.64. The Kier molecular flexibility index (Phi) is 5.58. The van der Waals surface area contributed by atoms with Gasteiger partial charge in [0.1, 0.15) is 0 Å². The van der Waals surface area contributed by atoms with Crippen molar-refractivity contribution < 1.29 is 0 Å². The molecule has 0 spiro atoms. The van der Waals surface area contributed by atoms with Gasteiger partial charge in [0.2, 0.25) is 0 Å². The van der Waals surface area contributed by atoms with Gasteiger partial charge >= 0.3 is 0 Å². The molecule has 0 heterocycles. The van der Waals surface area contributed by atoms with E-state index in [4.69, 9.17) is 0 Å². The first-order chi connectivity index (χ1) is 8.79. The van der Waals surface area contributed by atoms with Gasteiger partial charge in [0, 0.05) is 17.0 Å². The van der Waals surface area contributed by atoms with Crippen LogP contribution >= 0.6 is 11.8 Å². The first-order valence-electron chi connectivity index (χ1n) is 7.19. The molecule has 1 fully saturated rings. The van der Waals surface area contributed by atoms with Crippen LogP contribution in [0.4, 0.5) is 0 Å². The molecule has 1 aromatic rings. The number of rotatable bonds is 6. The fourth-order valence-corrected chi connectivity index (χ4v) is 4.02. The van der Waals surface area contributed by atoms with E-state index in [2.05, 4.69) is 55.2 Å². The molecular formula is C16H25NS. The molecule has 1 aliphatic rings. The smallest absolute Gasteiger partial charge is 0.0189 e. The fourth-order valence-electron chi connectivity index (χ4n) is 2.61. The quantitative estimate of drug-likeness (QED) is 0.827. The van der Waals surface area contributed by atoms with E-state index in [-0.39, 0.29) is 0 Å². The Morgan fingerprint density at radius 2 is 2.11 bits per heavy atom. The van der Waals surface area contributed by atoms with Crippen molar-refractivity contribution in [3.8, 4) is 0 Å². The van der Waals surface area contributed by atoms with Gasteiger partial charge in [-0.1, -0.05) is 31.2 Å². The van der Waals surface area contributed by atoms with Gasteiger partial charge in [-0.3, -0.25) is 0 Å². The second-order valence-corrected chi connectivity index (χ2v) is 6.61. The van der Waals surface area contributed by atoms with Gasteiger partial charge < -0.3 is 5.32 Å². The fraction of sp³-hybridized carbons (Fsp3) is 0.625. The lowest BCUT2D eigenvalue weighted by Gasteiger charge is -2.13. The molecule has 18 heavy (non-hydrogen) atoms. The Bertz CT molecular complexity index is 364. The maximum absolute atomic E-state index is 3.66. The van der Waals surface area contributed by atoms with E-state index in [0.717, 1.165) is 11.3 Å². The van der Waals surface area contributed by atoms with Crippen LogP contribution in [0.15, 0.2) is 24.3 Å². The zero-order valence-electron chi connectivity index (χ0n) is 11.6. The summed E-state index contributed by atoms with van der Waals surface area (Å²) in [5.74, 6) is 1.18. The number of nitrogens with one attached hydrogen (secondary N) is 1. The van der Waals surface area contributed by atoms with Gasteiger partial charge in [-0.15, -0.1) is 0 Å². The summed E-state index contributed by atoms with van der Waals surface area (Å²) in [5, 5.41) is 4.52. The SMILES string of the molecule is CCCNC1CCC(SCc2ccccc2C)C1. The minimum atomic E-state index is 0.777. The molecule has 2 atom stereocenters. The van der Waals surface area contributed by atoms with Gasteiger partial charge in [-0.25, -0.2) is 0 Å². The minimum absolute atomic E-state index is 0.777. The summed E-state index contributed by atoms with van der Waals surface area (Å²) in [4.78, 5) is 0. The van der Waals surface area contributed by atoms with Crippen molar-refractivity contribution in [1.29, 1.82) is 0 Å². The van der Waals surface area contributed by atoms with E-state index in [1.54, 1.807) is 0 Å². The highest BCUT2D eigenvalue weighted by atomic mass is 32.2. The first kappa shape index (κ1) is 14.0. The standard InChI is InChI=1S/C16H25NS/c1-3-10-17-15-8-9-16(11-15)18-12-14-7-5-4-6-13(14)2/h4-7,15-17H,3,8-12H2,1-2H3. The molecule has 0 saturated heterocycles. The molecule has 1 N–H and O–H groups in total. The second-order valence-electron chi connectivity index (χ2n) is 5.32. The van der Waals surface area contributed by atoms with E-state index in [1.807, 2.05) is 0 Å². The monoisotopic (exact) mass is 263 g/mol. The largest absolute Gasteiger partial charge is 0.314 e.